The minimum absolute atomic E-state index is 0.345. The van der Waals surface area contributed by atoms with Gasteiger partial charge in [0.2, 0.25) is 0 Å². The number of hydrogen-bond donors (Lipinski definition) is 1. The van der Waals surface area contributed by atoms with Crippen LogP contribution in [0, 0.1) is 0 Å². The number of rotatable bonds is 3. The van der Waals surface area contributed by atoms with Crippen LogP contribution in [0.3, 0.4) is 0 Å². The summed E-state index contributed by atoms with van der Waals surface area (Å²) in [4.78, 5) is 0. The summed E-state index contributed by atoms with van der Waals surface area (Å²) in [5.74, 6) is 0. The molecule has 78 valence electrons. The Morgan fingerprint density at radius 2 is 1.86 bits per heavy atom. The fourth-order valence-corrected chi connectivity index (χ4v) is 1.21. The molecular formula is C9H9Cl2F2N. The van der Waals surface area contributed by atoms with Crippen molar-refractivity contribution >= 4 is 28.9 Å². The van der Waals surface area contributed by atoms with Gasteiger partial charge in [-0.15, -0.1) is 0 Å². The first-order chi connectivity index (χ1) is 6.50. The summed E-state index contributed by atoms with van der Waals surface area (Å²) in [6.45, 7) is 1.40. The highest BCUT2D eigenvalue weighted by atomic mass is 35.5. The third-order valence-corrected chi connectivity index (χ3v) is 2.43. The Bertz CT molecular complexity index is 318. The molecule has 0 aromatic heterocycles. The van der Waals surface area contributed by atoms with Gasteiger partial charge >= 0.3 is 0 Å². The molecule has 0 amide bonds. The summed E-state index contributed by atoms with van der Waals surface area (Å²) in [7, 11) is 0. The molecule has 0 aliphatic heterocycles. The lowest BCUT2D eigenvalue weighted by Crippen LogP contribution is -2.23. The van der Waals surface area contributed by atoms with Crippen molar-refractivity contribution in [1.29, 1.82) is 0 Å². The molecule has 1 N–H and O–H groups in total. The second-order valence-electron chi connectivity index (χ2n) is 2.90. The van der Waals surface area contributed by atoms with Crippen molar-refractivity contribution < 1.29 is 8.78 Å². The van der Waals surface area contributed by atoms with Gasteiger partial charge in [0.1, 0.15) is 0 Å². The number of hydrogen-bond acceptors (Lipinski definition) is 1. The molecule has 0 saturated carbocycles. The fourth-order valence-electron chi connectivity index (χ4n) is 0.912. The van der Waals surface area contributed by atoms with E-state index in [1.165, 1.54) is 13.0 Å². The van der Waals surface area contributed by atoms with E-state index in [1.807, 2.05) is 0 Å². The van der Waals surface area contributed by atoms with E-state index in [1.54, 1.807) is 12.1 Å². The number of anilines is 1. The maximum absolute atomic E-state index is 12.2. The molecule has 14 heavy (non-hydrogen) atoms. The molecule has 1 rings (SSSR count). The van der Waals surface area contributed by atoms with Gasteiger partial charge in [0.15, 0.2) is 0 Å². The predicted octanol–water partition coefficient (Wildman–Crippen LogP) is 4.06. The lowest BCUT2D eigenvalue weighted by molar-refractivity contribution is 0.131. The van der Waals surface area contributed by atoms with Gasteiger partial charge < -0.3 is 5.32 Å². The third kappa shape index (κ3) is 3.00. The first kappa shape index (κ1) is 11.5. The van der Waals surface area contributed by atoms with Crippen molar-refractivity contribution in [1.82, 2.24) is 0 Å². The predicted molar refractivity (Wildman–Crippen MR) is 55.6 cm³/mol. The summed E-state index contributed by atoms with van der Waals surface area (Å²) in [5, 5.41) is 3.37. The second-order valence-corrected chi connectivity index (χ2v) is 3.71. The van der Waals surface area contributed by atoms with E-state index < -0.39 is 12.5 Å². The number of halogens is 4. The van der Waals surface area contributed by atoms with Crippen LogP contribution in [0.1, 0.15) is 6.92 Å². The second kappa shape index (κ2) is 4.80. The smallest absolute Gasteiger partial charge is 0.258 e. The summed E-state index contributed by atoms with van der Waals surface area (Å²) in [6.07, 6.45) is -2.41. The fraction of sp³-hybridized carbons (Fsp3) is 0.333. The Morgan fingerprint density at radius 3 is 2.36 bits per heavy atom. The van der Waals surface area contributed by atoms with Gasteiger partial charge in [-0.1, -0.05) is 23.2 Å². The van der Waals surface area contributed by atoms with E-state index in [-0.39, 0.29) is 0 Å². The SMILES string of the molecule is CC(Nc1ccc(Cl)c(Cl)c1)C(F)F. The molecule has 1 atom stereocenters. The maximum Gasteiger partial charge on any atom is 0.258 e. The molecule has 1 unspecified atom stereocenters. The van der Waals surface area contributed by atoms with Gasteiger partial charge in [-0.3, -0.25) is 0 Å². The van der Waals surface area contributed by atoms with Crippen molar-refractivity contribution in [2.75, 3.05) is 5.32 Å². The summed E-state index contributed by atoms with van der Waals surface area (Å²) < 4.78 is 24.3. The average molecular weight is 240 g/mol. The highest BCUT2D eigenvalue weighted by Gasteiger charge is 2.13. The average Bonchev–Trinajstić information content (AvgIpc) is 2.11. The van der Waals surface area contributed by atoms with Gasteiger partial charge in [0, 0.05) is 5.69 Å². The topological polar surface area (TPSA) is 12.0 Å². The quantitative estimate of drug-likeness (QED) is 0.839. The molecule has 1 nitrogen and oxygen atoms in total. The standard InChI is InChI=1S/C9H9Cl2F2N/c1-5(9(12)13)14-6-2-3-7(10)8(11)4-6/h2-5,9,14H,1H3. The lowest BCUT2D eigenvalue weighted by atomic mass is 10.2. The minimum Gasteiger partial charge on any atom is -0.377 e. The first-order valence-corrected chi connectivity index (χ1v) is 4.76. The van der Waals surface area contributed by atoms with Crippen LogP contribution < -0.4 is 5.32 Å². The molecule has 5 heteroatoms. The molecule has 0 bridgehead atoms. The van der Waals surface area contributed by atoms with Crippen molar-refractivity contribution in [2.45, 2.75) is 19.4 Å². The van der Waals surface area contributed by atoms with Gasteiger partial charge in [0.25, 0.3) is 6.43 Å². The molecule has 0 spiro atoms. The monoisotopic (exact) mass is 239 g/mol. The van der Waals surface area contributed by atoms with E-state index in [0.29, 0.717) is 15.7 Å². The third-order valence-electron chi connectivity index (χ3n) is 1.69. The van der Waals surface area contributed by atoms with E-state index in [0.717, 1.165) is 0 Å². The van der Waals surface area contributed by atoms with Crippen LogP contribution in [0.5, 0.6) is 0 Å². The van der Waals surface area contributed by atoms with Crippen LogP contribution in [0.2, 0.25) is 10.0 Å². The first-order valence-electron chi connectivity index (χ1n) is 4.00. The number of alkyl halides is 2. The minimum atomic E-state index is -2.41. The van der Waals surface area contributed by atoms with Gasteiger partial charge in [0.05, 0.1) is 16.1 Å². The Labute approximate surface area is 91.0 Å². The van der Waals surface area contributed by atoms with Crippen molar-refractivity contribution in [3.8, 4) is 0 Å². The molecular weight excluding hydrogens is 231 g/mol. The van der Waals surface area contributed by atoms with Crippen molar-refractivity contribution in [2.24, 2.45) is 0 Å². The van der Waals surface area contributed by atoms with E-state index in [2.05, 4.69) is 5.32 Å². The Kier molecular flexibility index (Phi) is 3.96. The zero-order chi connectivity index (χ0) is 10.7. The van der Waals surface area contributed by atoms with Gasteiger partial charge in [-0.25, -0.2) is 8.78 Å². The number of benzene rings is 1. The molecule has 0 heterocycles. The highest BCUT2D eigenvalue weighted by Crippen LogP contribution is 2.25. The van der Waals surface area contributed by atoms with Crippen LogP contribution >= 0.6 is 23.2 Å². The largest absolute Gasteiger partial charge is 0.377 e. The number of nitrogens with one attached hydrogen (secondary N) is 1. The van der Waals surface area contributed by atoms with E-state index in [9.17, 15) is 8.78 Å². The molecule has 0 fully saturated rings. The lowest BCUT2D eigenvalue weighted by Gasteiger charge is -2.14. The maximum atomic E-state index is 12.2. The van der Waals surface area contributed by atoms with Crippen LogP contribution in [-0.4, -0.2) is 12.5 Å². The van der Waals surface area contributed by atoms with Crippen molar-refractivity contribution in [3.63, 3.8) is 0 Å². The summed E-state index contributed by atoms with van der Waals surface area (Å²) in [5.41, 5.74) is 0.534. The van der Waals surface area contributed by atoms with E-state index >= 15 is 0 Å². The molecule has 0 aliphatic rings. The van der Waals surface area contributed by atoms with E-state index in [4.69, 9.17) is 23.2 Å². The van der Waals surface area contributed by atoms with Crippen LogP contribution in [-0.2, 0) is 0 Å². The molecule has 0 radical (unpaired) electrons. The van der Waals surface area contributed by atoms with Crippen molar-refractivity contribution in [3.05, 3.63) is 28.2 Å². The van der Waals surface area contributed by atoms with Crippen LogP contribution in [0.4, 0.5) is 14.5 Å². The molecule has 1 aromatic rings. The van der Waals surface area contributed by atoms with Gasteiger partial charge in [-0.05, 0) is 25.1 Å². The molecule has 0 saturated heterocycles. The zero-order valence-electron chi connectivity index (χ0n) is 7.40. The van der Waals surface area contributed by atoms with Crippen LogP contribution in [0.25, 0.3) is 0 Å². The van der Waals surface area contributed by atoms with Crippen LogP contribution in [0.15, 0.2) is 18.2 Å². The molecule has 0 aliphatic carbocycles. The summed E-state index contributed by atoms with van der Waals surface area (Å²) in [6, 6.07) is 3.77. The Balaban J connectivity index is 2.73. The Morgan fingerprint density at radius 1 is 1.21 bits per heavy atom. The Hall–Kier alpha value is -0.540. The van der Waals surface area contributed by atoms with Gasteiger partial charge in [-0.2, -0.15) is 0 Å². The molecule has 1 aromatic carbocycles. The zero-order valence-corrected chi connectivity index (χ0v) is 8.91. The normalized spacial score (nSPS) is 13.0. The highest BCUT2D eigenvalue weighted by molar-refractivity contribution is 6.42. The summed E-state index contributed by atoms with van der Waals surface area (Å²) >= 11 is 11.4.